The first kappa shape index (κ1) is 16.2. The predicted molar refractivity (Wildman–Crippen MR) is 76.7 cm³/mol. The van der Waals surface area contributed by atoms with Crippen LogP contribution in [0.4, 0.5) is 4.79 Å². The number of amides is 3. The SMILES string of the molecule is CCNC(=O)NC(=O)[C@H](C)N1CCC[C@@H](C2OCCO2)C1. The normalized spacial score (nSPS) is 25.5. The molecule has 7 nitrogen and oxygen atoms in total. The number of hydrogen-bond acceptors (Lipinski definition) is 5. The highest BCUT2D eigenvalue weighted by atomic mass is 16.7. The van der Waals surface area contributed by atoms with Crippen molar-refractivity contribution in [2.45, 2.75) is 39.0 Å². The summed E-state index contributed by atoms with van der Waals surface area (Å²) in [6.45, 7) is 7.04. The number of likely N-dealkylation sites (tertiary alicyclic amines) is 1. The van der Waals surface area contributed by atoms with Crippen molar-refractivity contribution >= 4 is 11.9 Å². The molecule has 2 saturated heterocycles. The number of nitrogens with one attached hydrogen (secondary N) is 2. The van der Waals surface area contributed by atoms with Gasteiger partial charge in [0.1, 0.15) is 0 Å². The predicted octanol–water partition coefficient (Wildman–Crippen LogP) is 0.306. The fourth-order valence-electron chi connectivity index (χ4n) is 2.85. The van der Waals surface area contributed by atoms with Crippen molar-refractivity contribution in [2.24, 2.45) is 5.92 Å². The average Bonchev–Trinajstić information content (AvgIpc) is 3.01. The van der Waals surface area contributed by atoms with Crippen LogP contribution in [0.15, 0.2) is 0 Å². The Labute approximate surface area is 125 Å². The van der Waals surface area contributed by atoms with Gasteiger partial charge in [-0.2, -0.15) is 0 Å². The fourth-order valence-corrected chi connectivity index (χ4v) is 2.85. The second kappa shape index (κ2) is 7.72. The first-order chi connectivity index (χ1) is 10.1. The van der Waals surface area contributed by atoms with Crippen molar-refractivity contribution < 1.29 is 19.1 Å². The molecule has 2 N–H and O–H groups in total. The third kappa shape index (κ3) is 4.39. The second-order valence-electron chi connectivity index (χ2n) is 5.53. The van der Waals surface area contributed by atoms with E-state index in [0.29, 0.717) is 25.7 Å². The third-order valence-corrected chi connectivity index (χ3v) is 4.02. The smallest absolute Gasteiger partial charge is 0.321 e. The maximum absolute atomic E-state index is 12.1. The average molecular weight is 299 g/mol. The van der Waals surface area contributed by atoms with E-state index in [0.717, 1.165) is 25.9 Å². The molecule has 21 heavy (non-hydrogen) atoms. The Balaban J connectivity index is 1.84. The van der Waals surface area contributed by atoms with E-state index in [4.69, 9.17) is 9.47 Å². The molecule has 0 aromatic carbocycles. The number of imide groups is 1. The molecule has 0 radical (unpaired) electrons. The van der Waals surface area contributed by atoms with Gasteiger partial charge in [-0.25, -0.2) is 4.79 Å². The number of ether oxygens (including phenoxy) is 2. The molecule has 2 atom stereocenters. The minimum atomic E-state index is -0.439. The maximum Gasteiger partial charge on any atom is 0.321 e. The standard InChI is InChI=1S/C14H25N3O4/c1-3-15-14(19)16-12(18)10(2)17-6-4-5-11(9-17)13-20-7-8-21-13/h10-11,13H,3-9H2,1-2H3,(H2,15,16,18,19)/t10-,11+/m0/s1. The minimum absolute atomic E-state index is 0.147. The van der Waals surface area contributed by atoms with Crippen LogP contribution in [0.1, 0.15) is 26.7 Å². The molecule has 2 fully saturated rings. The van der Waals surface area contributed by atoms with E-state index in [1.54, 1.807) is 0 Å². The maximum atomic E-state index is 12.1. The van der Waals surface area contributed by atoms with Crippen molar-refractivity contribution in [2.75, 3.05) is 32.8 Å². The van der Waals surface area contributed by atoms with Crippen LogP contribution in [0.5, 0.6) is 0 Å². The van der Waals surface area contributed by atoms with Gasteiger partial charge in [0.05, 0.1) is 19.3 Å². The first-order valence-electron chi connectivity index (χ1n) is 7.67. The van der Waals surface area contributed by atoms with Crippen LogP contribution in [0, 0.1) is 5.92 Å². The molecule has 120 valence electrons. The summed E-state index contributed by atoms with van der Waals surface area (Å²) in [4.78, 5) is 25.6. The van der Waals surface area contributed by atoms with E-state index < -0.39 is 6.03 Å². The van der Waals surface area contributed by atoms with Gasteiger partial charge in [-0.1, -0.05) is 0 Å². The molecular weight excluding hydrogens is 274 g/mol. The summed E-state index contributed by atoms with van der Waals surface area (Å²) in [7, 11) is 0. The van der Waals surface area contributed by atoms with Crippen molar-refractivity contribution in [3.8, 4) is 0 Å². The van der Waals surface area contributed by atoms with Gasteiger partial charge in [-0.05, 0) is 33.2 Å². The summed E-state index contributed by atoms with van der Waals surface area (Å²) in [5.74, 6) is 0.0239. The molecule has 0 saturated carbocycles. The molecule has 2 aliphatic heterocycles. The number of rotatable bonds is 4. The van der Waals surface area contributed by atoms with Crippen LogP contribution >= 0.6 is 0 Å². The van der Waals surface area contributed by atoms with Gasteiger partial charge >= 0.3 is 6.03 Å². The number of urea groups is 1. The summed E-state index contributed by atoms with van der Waals surface area (Å²) in [6.07, 6.45) is 1.91. The fraction of sp³-hybridized carbons (Fsp3) is 0.857. The zero-order valence-corrected chi connectivity index (χ0v) is 12.8. The van der Waals surface area contributed by atoms with Gasteiger partial charge in [-0.15, -0.1) is 0 Å². The van der Waals surface area contributed by atoms with E-state index in [-0.39, 0.29) is 18.2 Å². The quantitative estimate of drug-likeness (QED) is 0.781. The van der Waals surface area contributed by atoms with Crippen molar-refractivity contribution in [1.82, 2.24) is 15.5 Å². The van der Waals surface area contributed by atoms with Gasteiger partial charge in [0, 0.05) is 19.0 Å². The van der Waals surface area contributed by atoms with E-state index in [2.05, 4.69) is 15.5 Å². The summed E-state index contributed by atoms with van der Waals surface area (Å²) < 4.78 is 11.1. The lowest BCUT2D eigenvalue weighted by Gasteiger charge is -2.37. The second-order valence-corrected chi connectivity index (χ2v) is 5.53. The molecule has 0 spiro atoms. The Hall–Kier alpha value is -1.18. The molecule has 0 unspecified atom stereocenters. The highest BCUT2D eigenvalue weighted by Gasteiger charge is 2.34. The van der Waals surface area contributed by atoms with Crippen LogP contribution in [0.3, 0.4) is 0 Å². The van der Waals surface area contributed by atoms with Gasteiger partial charge in [0.15, 0.2) is 6.29 Å². The summed E-state index contributed by atoms with van der Waals surface area (Å²) in [5, 5.41) is 4.93. The van der Waals surface area contributed by atoms with E-state index in [9.17, 15) is 9.59 Å². The number of carbonyl (C=O) groups excluding carboxylic acids is 2. The van der Waals surface area contributed by atoms with Gasteiger partial charge in [-0.3, -0.25) is 15.0 Å². The highest BCUT2D eigenvalue weighted by Crippen LogP contribution is 2.25. The summed E-state index contributed by atoms with van der Waals surface area (Å²) >= 11 is 0. The summed E-state index contributed by atoms with van der Waals surface area (Å²) in [5.41, 5.74) is 0. The van der Waals surface area contributed by atoms with Gasteiger partial charge < -0.3 is 14.8 Å². The third-order valence-electron chi connectivity index (χ3n) is 4.02. The molecule has 2 aliphatic rings. The first-order valence-corrected chi connectivity index (χ1v) is 7.67. The Bertz CT molecular complexity index is 371. The van der Waals surface area contributed by atoms with Crippen molar-refractivity contribution in [1.29, 1.82) is 0 Å². The molecule has 0 aromatic rings. The lowest BCUT2D eigenvalue weighted by atomic mass is 9.96. The van der Waals surface area contributed by atoms with Crippen LogP contribution < -0.4 is 10.6 Å². The van der Waals surface area contributed by atoms with Crippen molar-refractivity contribution in [3.63, 3.8) is 0 Å². The zero-order valence-electron chi connectivity index (χ0n) is 12.8. The number of piperidine rings is 1. The monoisotopic (exact) mass is 299 g/mol. The molecule has 7 heteroatoms. The lowest BCUT2D eigenvalue weighted by molar-refractivity contribution is -0.129. The molecule has 0 aliphatic carbocycles. The molecule has 3 amide bonds. The highest BCUT2D eigenvalue weighted by molar-refractivity contribution is 5.96. The van der Waals surface area contributed by atoms with E-state index in [1.165, 1.54) is 0 Å². The van der Waals surface area contributed by atoms with Gasteiger partial charge in [0.25, 0.3) is 0 Å². The van der Waals surface area contributed by atoms with E-state index >= 15 is 0 Å². The molecule has 2 heterocycles. The van der Waals surface area contributed by atoms with Crippen LogP contribution in [0.25, 0.3) is 0 Å². The van der Waals surface area contributed by atoms with Crippen molar-refractivity contribution in [3.05, 3.63) is 0 Å². The minimum Gasteiger partial charge on any atom is -0.350 e. The summed E-state index contributed by atoms with van der Waals surface area (Å²) in [6, 6.07) is -0.776. The number of nitrogens with zero attached hydrogens (tertiary/aromatic N) is 1. The molecule has 0 bridgehead atoms. The van der Waals surface area contributed by atoms with Crippen LogP contribution in [-0.2, 0) is 14.3 Å². The molecular formula is C14H25N3O4. The lowest BCUT2D eigenvalue weighted by Crippen LogP contribution is -2.53. The largest absolute Gasteiger partial charge is 0.350 e. The van der Waals surface area contributed by atoms with Gasteiger partial charge in [0.2, 0.25) is 5.91 Å². The number of hydrogen-bond donors (Lipinski definition) is 2. The molecule has 2 rings (SSSR count). The molecule has 0 aromatic heterocycles. The topological polar surface area (TPSA) is 79.9 Å². The zero-order chi connectivity index (χ0) is 15.2. The Morgan fingerprint density at radius 1 is 1.33 bits per heavy atom. The number of carbonyl (C=O) groups is 2. The Morgan fingerprint density at radius 3 is 2.71 bits per heavy atom. The van der Waals surface area contributed by atoms with Crippen LogP contribution in [-0.4, -0.2) is 62.0 Å². The Morgan fingerprint density at radius 2 is 2.05 bits per heavy atom. The van der Waals surface area contributed by atoms with E-state index in [1.807, 2.05) is 13.8 Å². The van der Waals surface area contributed by atoms with Crippen LogP contribution in [0.2, 0.25) is 0 Å². The Kier molecular flexibility index (Phi) is 5.96.